The van der Waals surface area contributed by atoms with E-state index in [0.29, 0.717) is 25.6 Å². The van der Waals surface area contributed by atoms with Gasteiger partial charge in [-0.05, 0) is 19.3 Å². The lowest BCUT2D eigenvalue weighted by Crippen LogP contribution is -2.41. The van der Waals surface area contributed by atoms with Gasteiger partial charge in [0, 0.05) is 12.3 Å². The molecular formula is C19H36O4. The molecule has 1 saturated heterocycles. The van der Waals surface area contributed by atoms with Crippen LogP contribution in [0.25, 0.3) is 0 Å². The molecule has 0 saturated carbocycles. The molecule has 23 heavy (non-hydrogen) atoms. The van der Waals surface area contributed by atoms with Gasteiger partial charge in [0.1, 0.15) is 6.10 Å². The first-order valence-electron chi connectivity index (χ1n) is 9.63. The van der Waals surface area contributed by atoms with Gasteiger partial charge < -0.3 is 14.2 Å². The van der Waals surface area contributed by atoms with Crippen molar-refractivity contribution in [3.8, 4) is 0 Å². The van der Waals surface area contributed by atoms with E-state index >= 15 is 0 Å². The van der Waals surface area contributed by atoms with E-state index in [2.05, 4.69) is 20.8 Å². The number of carbonyl (C=O) groups excluding carboxylic acids is 1. The second kappa shape index (κ2) is 12.8. The molecule has 4 heteroatoms. The maximum Gasteiger partial charge on any atom is 0.306 e. The number of esters is 1. The van der Waals surface area contributed by atoms with E-state index in [4.69, 9.17) is 14.2 Å². The Balaban J connectivity index is 2.16. The van der Waals surface area contributed by atoms with Crippen LogP contribution >= 0.6 is 0 Å². The predicted molar refractivity (Wildman–Crippen MR) is 92.3 cm³/mol. The Morgan fingerprint density at radius 2 is 1.65 bits per heavy atom. The molecule has 136 valence electrons. The van der Waals surface area contributed by atoms with Crippen molar-refractivity contribution >= 4 is 5.97 Å². The molecule has 0 aromatic rings. The first-order chi connectivity index (χ1) is 11.2. The van der Waals surface area contributed by atoms with Crippen molar-refractivity contribution in [2.24, 2.45) is 5.92 Å². The summed E-state index contributed by atoms with van der Waals surface area (Å²) in [6, 6.07) is 0. The number of hydrogen-bond acceptors (Lipinski definition) is 4. The van der Waals surface area contributed by atoms with Crippen molar-refractivity contribution in [1.29, 1.82) is 0 Å². The van der Waals surface area contributed by atoms with Gasteiger partial charge in [0.05, 0.1) is 13.2 Å². The Hall–Kier alpha value is -0.610. The summed E-state index contributed by atoms with van der Waals surface area (Å²) in [5, 5.41) is 0. The van der Waals surface area contributed by atoms with Gasteiger partial charge in [-0.3, -0.25) is 4.79 Å². The van der Waals surface area contributed by atoms with Gasteiger partial charge in [-0.25, -0.2) is 0 Å². The fourth-order valence-electron chi connectivity index (χ4n) is 2.96. The highest BCUT2D eigenvalue weighted by Crippen LogP contribution is 2.24. The number of rotatable bonds is 12. The van der Waals surface area contributed by atoms with Crippen molar-refractivity contribution in [2.45, 2.75) is 97.4 Å². The van der Waals surface area contributed by atoms with E-state index in [9.17, 15) is 4.79 Å². The molecule has 1 unspecified atom stereocenters. The molecule has 0 bridgehead atoms. The van der Waals surface area contributed by atoms with Crippen LogP contribution in [-0.2, 0) is 19.0 Å². The van der Waals surface area contributed by atoms with Crippen LogP contribution < -0.4 is 0 Å². The van der Waals surface area contributed by atoms with E-state index in [1.165, 1.54) is 32.1 Å². The van der Waals surface area contributed by atoms with E-state index in [1.54, 1.807) is 0 Å². The third-order valence-corrected chi connectivity index (χ3v) is 4.51. The minimum Gasteiger partial charge on any atom is -0.457 e. The highest BCUT2D eigenvalue weighted by molar-refractivity contribution is 5.69. The first kappa shape index (κ1) is 20.4. The van der Waals surface area contributed by atoms with Crippen molar-refractivity contribution in [3.63, 3.8) is 0 Å². The van der Waals surface area contributed by atoms with E-state index < -0.39 is 0 Å². The monoisotopic (exact) mass is 328 g/mol. The van der Waals surface area contributed by atoms with Crippen molar-refractivity contribution in [2.75, 3.05) is 13.2 Å². The molecule has 1 heterocycles. The molecule has 0 radical (unpaired) electrons. The van der Waals surface area contributed by atoms with Crippen LogP contribution in [0.3, 0.4) is 0 Å². The summed E-state index contributed by atoms with van der Waals surface area (Å²) in [4.78, 5) is 11.8. The van der Waals surface area contributed by atoms with Gasteiger partial charge in [-0.15, -0.1) is 0 Å². The Bertz CT molecular complexity index is 298. The maximum atomic E-state index is 11.8. The highest BCUT2D eigenvalue weighted by atomic mass is 16.7. The van der Waals surface area contributed by atoms with Crippen molar-refractivity contribution in [3.05, 3.63) is 0 Å². The summed E-state index contributed by atoms with van der Waals surface area (Å²) in [5.41, 5.74) is 0. The molecule has 1 atom stereocenters. The SMILES string of the molecule is CCCCCCCC(=O)OC1COC(C(CC)CCCC)OC1. The first-order valence-corrected chi connectivity index (χ1v) is 9.63. The molecule has 0 amide bonds. The smallest absolute Gasteiger partial charge is 0.306 e. The predicted octanol–water partition coefficient (Wildman–Crippen LogP) is 4.85. The fourth-order valence-corrected chi connectivity index (χ4v) is 2.96. The number of ether oxygens (including phenoxy) is 3. The van der Waals surface area contributed by atoms with Gasteiger partial charge in [0.2, 0.25) is 0 Å². The lowest BCUT2D eigenvalue weighted by molar-refractivity contribution is -0.245. The quantitative estimate of drug-likeness (QED) is 0.379. The lowest BCUT2D eigenvalue weighted by atomic mass is 9.98. The van der Waals surface area contributed by atoms with Crippen LogP contribution in [0.2, 0.25) is 0 Å². The van der Waals surface area contributed by atoms with E-state index in [1.807, 2.05) is 0 Å². The summed E-state index contributed by atoms with van der Waals surface area (Å²) >= 11 is 0. The average Bonchev–Trinajstić information content (AvgIpc) is 2.56. The zero-order valence-electron chi connectivity index (χ0n) is 15.4. The lowest BCUT2D eigenvalue weighted by Gasteiger charge is -2.33. The topological polar surface area (TPSA) is 44.8 Å². The minimum absolute atomic E-state index is 0.116. The highest BCUT2D eigenvalue weighted by Gasteiger charge is 2.29. The van der Waals surface area contributed by atoms with Crippen molar-refractivity contribution in [1.82, 2.24) is 0 Å². The Morgan fingerprint density at radius 1 is 1.00 bits per heavy atom. The summed E-state index contributed by atoms with van der Waals surface area (Å²) < 4.78 is 17.1. The van der Waals surface area contributed by atoms with Crippen LogP contribution in [0.5, 0.6) is 0 Å². The number of hydrogen-bond donors (Lipinski definition) is 0. The van der Waals surface area contributed by atoms with Gasteiger partial charge >= 0.3 is 5.97 Å². The van der Waals surface area contributed by atoms with Gasteiger partial charge in [-0.1, -0.05) is 59.3 Å². The Morgan fingerprint density at radius 3 is 2.26 bits per heavy atom. The Labute approximate surface area is 142 Å². The zero-order valence-corrected chi connectivity index (χ0v) is 15.4. The second-order valence-corrected chi connectivity index (χ2v) is 6.62. The molecule has 1 fully saturated rings. The van der Waals surface area contributed by atoms with Crippen LogP contribution in [0.1, 0.15) is 85.0 Å². The number of unbranched alkanes of at least 4 members (excludes halogenated alkanes) is 5. The third kappa shape index (κ3) is 8.71. The molecule has 1 aliphatic heterocycles. The summed E-state index contributed by atoms with van der Waals surface area (Å²) in [5.74, 6) is 0.334. The van der Waals surface area contributed by atoms with Crippen LogP contribution in [0, 0.1) is 5.92 Å². The van der Waals surface area contributed by atoms with E-state index in [-0.39, 0.29) is 18.4 Å². The van der Waals surface area contributed by atoms with Crippen LogP contribution in [-0.4, -0.2) is 31.6 Å². The molecule has 1 rings (SSSR count). The van der Waals surface area contributed by atoms with Gasteiger partial charge in [0.15, 0.2) is 6.29 Å². The standard InChI is InChI=1S/C19H36O4/c1-4-7-9-10-11-13-18(20)23-17-14-21-19(22-15-17)16(6-3)12-8-5-2/h16-17,19H,4-15H2,1-3H3. The largest absolute Gasteiger partial charge is 0.457 e. The zero-order chi connectivity index (χ0) is 16.9. The molecule has 0 spiro atoms. The summed E-state index contributed by atoms with van der Waals surface area (Å²) in [7, 11) is 0. The van der Waals surface area contributed by atoms with Crippen LogP contribution in [0.4, 0.5) is 0 Å². The molecular weight excluding hydrogens is 292 g/mol. The normalized spacial score (nSPS) is 22.7. The fraction of sp³-hybridized carbons (Fsp3) is 0.947. The van der Waals surface area contributed by atoms with Gasteiger partial charge in [0.25, 0.3) is 0 Å². The molecule has 0 N–H and O–H groups in total. The van der Waals surface area contributed by atoms with Crippen LogP contribution in [0.15, 0.2) is 0 Å². The molecule has 4 nitrogen and oxygen atoms in total. The van der Waals surface area contributed by atoms with E-state index in [0.717, 1.165) is 25.7 Å². The second-order valence-electron chi connectivity index (χ2n) is 6.62. The minimum atomic E-state index is -0.238. The van der Waals surface area contributed by atoms with Crippen molar-refractivity contribution < 1.29 is 19.0 Å². The van der Waals surface area contributed by atoms with Gasteiger partial charge in [-0.2, -0.15) is 0 Å². The molecule has 0 aromatic heterocycles. The average molecular weight is 328 g/mol. The third-order valence-electron chi connectivity index (χ3n) is 4.51. The summed E-state index contributed by atoms with van der Waals surface area (Å²) in [6.45, 7) is 7.50. The maximum absolute atomic E-state index is 11.8. The molecule has 1 aliphatic rings. The molecule has 0 aliphatic carbocycles. The summed E-state index contributed by atoms with van der Waals surface area (Å²) in [6.07, 6.45) is 10.5. The Kier molecular flexibility index (Phi) is 11.3. The molecule has 0 aromatic carbocycles. The number of carbonyl (C=O) groups is 1.